The summed E-state index contributed by atoms with van der Waals surface area (Å²) < 4.78 is 5.41. The van der Waals surface area contributed by atoms with E-state index in [4.69, 9.17) is 21.4 Å². The summed E-state index contributed by atoms with van der Waals surface area (Å²) in [5.74, 6) is 0. The minimum Gasteiger partial charge on any atom is -0.396 e. The predicted molar refractivity (Wildman–Crippen MR) is 57.4 cm³/mol. The molecule has 0 saturated carbocycles. The van der Waals surface area contributed by atoms with Crippen molar-refractivity contribution in [2.75, 3.05) is 13.2 Å². The fourth-order valence-corrected chi connectivity index (χ4v) is 1.30. The molecule has 0 heterocycles. The molecular formula is C11H15ClO2. The van der Waals surface area contributed by atoms with Crippen LogP contribution in [-0.4, -0.2) is 18.3 Å². The van der Waals surface area contributed by atoms with Crippen molar-refractivity contribution < 1.29 is 9.84 Å². The molecule has 1 aromatic carbocycles. The van der Waals surface area contributed by atoms with E-state index in [2.05, 4.69) is 0 Å². The van der Waals surface area contributed by atoms with E-state index in [0.29, 0.717) is 13.2 Å². The first kappa shape index (κ1) is 11.5. The molecule has 78 valence electrons. The van der Waals surface area contributed by atoms with Gasteiger partial charge in [0, 0.05) is 18.2 Å². The van der Waals surface area contributed by atoms with Crippen molar-refractivity contribution in [3.8, 4) is 0 Å². The Bertz CT molecular complexity index is 263. The van der Waals surface area contributed by atoms with Crippen LogP contribution in [0.25, 0.3) is 0 Å². The lowest BCUT2D eigenvalue weighted by Crippen LogP contribution is -1.97. The fourth-order valence-electron chi connectivity index (χ4n) is 1.11. The normalized spacial score (nSPS) is 10.4. The van der Waals surface area contributed by atoms with E-state index in [1.54, 1.807) is 0 Å². The topological polar surface area (TPSA) is 29.5 Å². The lowest BCUT2D eigenvalue weighted by molar-refractivity contribution is 0.112. The van der Waals surface area contributed by atoms with E-state index in [9.17, 15) is 0 Å². The minimum atomic E-state index is 0.232. The second kappa shape index (κ2) is 6.82. The Labute approximate surface area is 89.5 Å². The van der Waals surface area contributed by atoms with Gasteiger partial charge in [-0.1, -0.05) is 29.8 Å². The molecule has 0 aliphatic heterocycles. The van der Waals surface area contributed by atoms with Gasteiger partial charge in [0.25, 0.3) is 0 Å². The first-order valence-corrected chi connectivity index (χ1v) is 5.14. The number of benzene rings is 1. The van der Waals surface area contributed by atoms with Crippen molar-refractivity contribution in [1.29, 1.82) is 0 Å². The Balaban J connectivity index is 2.21. The van der Waals surface area contributed by atoms with E-state index in [1.807, 2.05) is 24.3 Å². The smallest absolute Gasteiger partial charge is 0.0731 e. The highest BCUT2D eigenvalue weighted by atomic mass is 35.5. The van der Waals surface area contributed by atoms with Crippen LogP contribution in [0.5, 0.6) is 0 Å². The molecule has 0 spiro atoms. The molecule has 1 rings (SSSR count). The summed E-state index contributed by atoms with van der Waals surface area (Å²) in [6.07, 6.45) is 1.68. The van der Waals surface area contributed by atoms with Crippen molar-refractivity contribution >= 4 is 11.6 Å². The minimum absolute atomic E-state index is 0.232. The molecule has 0 fully saturated rings. The van der Waals surface area contributed by atoms with Crippen molar-refractivity contribution in [2.45, 2.75) is 19.4 Å². The second-order valence-corrected chi connectivity index (χ2v) is 3.48. The summed E-state index contributed by atoms with van der Waals surface area (Å²) in [4.78, 5) is 0. The number of halogens is 1. The van der Waals surface area contributed by atoms with Gasteiger partial charge in [-0.25, -0.2) is 0 Å². The number of aliphatic hydroxyl groups excluding tert-OH is 1. The SMILES string of the molecule is OCCCCOCc1ccccc1Cl. The highest BCUT2D eigenvalue weighted by Gasteiger charge is 1.97. The summed E-state index contributed by atoms with van der Waals surface area (Å²) in [6.45, 7) is 1.45. The van der Waals surface area contributed by atoms with E-state index >= 15 is 0 Å². The van der Waals surface area contributed by atoms with Gasteiger partial charge in [-0.3, -0.25) is 0 Å². The molecule has 2 nitrogen and oxygen atoms in total. The molecule has 0 radical (unpaired) electrons. The monoisotopic (exact) mass is 214 g/mol. The van der Waals surface area contributed by atoms with Gasteiger partial charge in [-0.15, -0.1) is 0 Å². The molecule has 1 aromatic rings. The standard InChI is InChI=1S/C11H15ClO2/c12-11-6-2-1-5-10(11)9-14-8-4-3-7-13/h1-2,5-6,13H,3-4,7-9H2. The lowest BCUT2D eigenvalue weighted by Gasteiger charge is -2.05. The first-order valence-electron chi connectivity index (χ1n) is 4.76. The van der Waals surface area contributed by atoms with E-state index < -0.39 is 0 Å². The molecule has 0 aliphatic rings. The van der Waals surface area contributed by atoms with Crippen LogP contribution >= 0.6 is 11.6 Å². The maximum absolute atomic E-state index is 8.55. The van der Waals surface area contributed by atoms with Crippen molar-refractivity contribution in [1.82, 2.24) is 0 Å². The number of hydrogen-bond acceptors (Lipinski definition) is 2. The van der Waals surface area contributed by atoms with Crippen LogP contribution in [0.4, 0.5) is 0 Å². The molecule has 3 heteroatoms. The molecule has 1 N–H and O–H groups in total. The van der Waals surface area contributed by atoms with E-state index in [0.717, 1.165) is 23.4 Å². The lowest BCUT2D eigenvalue weighted by atomic mass is 10.2. The maximum Gasteiger partial charge on any atom is 0.0731 e. The van der Waals surface area contributed by atoms with Gasteiger partial charge in [0.1, 0.15) is 0 Å². The molecule has 0 atom stereocenters. The second-order valence-electron chi connectivity index (χ2n) is 3.07. The Hall–Kier alpha value is -0.570. The average Bonchev–Trinajstić information content (AvgIpc) is 2.20. The van der Waals surface area contributed by atoms with Crippen LogP contribution in [0.3, 0.4) is 0 Å². The Morgan fingerprint density at radius 3 is 2.71 bits per heavy atom. The zero-order valence-corrected chi connectivity index (χ0v) is 8.83. The van der Waals surface area contributed by atoms with Gasteiger partial charge in [-0.05, 0) is 24.5 Å². The third kappa shape index (κ3) is 4.09. The van der Waals surface area contributed by atoms with Gasteiger partial charge >= 0.3 is 0 Å². The zero-order valence-electron chi connectivity index (χ0n) is 8.08. The van der Waals surface area contributed by atoms with Crippen molar-refractivity contribution in [3.05, 3.63) is 34.9 Å². The van der Waals surface area contributed by atoms with E-state index in [-0.39, 0.29) is 6.61 Å². The van der Waals surface area contributed by atoms with Crippen LogP contribution in [-0.2, 0) is 11.3 Å². The van der Waals surface area contributed by atoms with Crippen molar-refractivity contribution in [3.63, 3.8) is 0 Å². The number of unbranched alkanes of at least 4 members (excludes halogenated alkanes) is 1. The Kier molecular flexibility index (Phi) is 5.60. The summed E-state index contributed by atoms with van der Waals surface area (Å²) in [5.41, 5.74) is 1.01. The van der Waals surface area contributed by atoms with Gasteiger partial charge < -0.3 is 9.84 Å². The number of aliphatic hydroxyl groups is 1. The number of rotatable bonds is 6. The summed E-state index contributed by atoms with van der Waals surface area (Å²) in [5, 5.41) is 9.30. The van der Waals surface area contributed by atoms with Crippen LogP contribution in [0.15, 0.2) is 24.3 Å². The quantitative estimate of drug-likeness (QED) is 0.738. The Morgan fingerprint density at radius 1 is 1.21 bits per heavy atom. The molecule has 0 bridgehead atoms. The molecule has 0 saturated heterocycles. The molecule has 0 amide bonds. The summed E-state index contributed by atoms with van der Waals surface area (Å²) in [7, 11) is 0. The predicted octanol–water partition coefficient (Wildman–Crippen LogP) is 2.63. The van der Waals surface area contributed by atoms with E-state index in [1.165, 1.54) is 0 Å². The van der Waals surface area contributed by atoms with Crippen LogP contribution in [0, 0.1) is 0 Å². The van der Waals surface area contributed by atoms with Gasteiger partial charge in [0.2, 0.25) is 0 Å². The van der Waals surface area contributed by atoms with Gasteiger partial charge in [0.05, 0.1) is 6.61 Å². The highest BCUT2D eigenvalue weighted by molar-refractivity contribution is 6.31. The summed E-state index contributed by atoms with van der Waals surface area (Å²) in [6, 6.07) is 7.65. The maximum atomic E-state index is 8.55. The first-order chi connectivity index (χ1) is 6.84. The number of ether oxygens (including phenoxy) is 1. The molecule has 14 heavy (non-hydrogen) atoms. The largest absolute Gasteiger partial charge is 0.396 e. The van der Waals surface area contributed by atoms with Gasteiger partial charge in [-0.2, -0.15) is 0 Å². The van der Waals surface area contributed by atoms with Crippen LogP contribution in [0.1, 0.15) is 18.4 Å². The van der Waals surface area contributed by atoms with Gasteiger partial charge in [0.15, 0.2) is 0 Å². The third-order valence-corrected chi connectivity index (χ3v) is 2.28. The highest BCUT2D eigenvalue weighted by Crippen LogP contribution is 2.15. The summed E-state index contributed by atoms with van der Waals surface area (Å²) >= 11 is 5.94. The number of hydrogen-bond donors (Lipinski definition) is 1. The molecular weight excluding hydrogens is 200 g/mol. The average molecular weight is 215 g/mol. The third-order valence-electron chi connectivity index (χ3n) is 1.91. The van der Waals surface area contributed by atoms with Crippen LogP contribution in [0.2, 0.25) is 5.02 Å². The zero-order chi connectivity index (χ0) is 10.2. The fraction of sp³-hybridized carbons (Fsp3) is 0.455. The van der Waals surface area contributed by atoms with Crippen LogP contribution < -0.4 is 0 Å². The van der Waals surface area contributed by atoms with Crippen molar-refractivity contribution in [2.24, 2.45) is 0 Å². The molecule has 0 aliphatic carbocycles. The molecule has 0 unspecified atom stereocenters. The molecule has 0 aromatic heterocycles. The Morgan fingerprint density at radius 2 is 2.00 bits per heavy atom.